The van der Waals surface area contributed by atoms with E-state index in [1.165, 1.54) is 20.3 Å². The van der Waals surface area contributed by atoms with Crippen molar-refractivity contribution in [2.24, 2.45) is 17.0 Å². The molecule has 3 heterocycles. The quantitative estimate of drug-likeness (QED) is 0.545. The molecule has 0 radical (unpaired) electrons. The van der Waals surface area contributed by atoms with Gasteiger partial charge in [-0.1, -0.05) is 0 Å². The standard InChI is InChI=1S/C24H28FN7O4/c1-26-22(6-5-16-10-28-19(11-27-16)15-9-29-31(2)12-15)32(13-17-14-36-24(33)30-17)20-7-18(34-3)8-21(35-4)23(20)25/h5-9,11-12,17,26H,10,13-14H2,1-4H3,(H,30,33)/b16-5+,22-6+. The average molecular weight is 498 g/mol. The summed E-state index contributed by atoms with van der Waals surface area (Å²) in [7, 11) is 6.44. The molecule has 1 fully saturated rings. The summed E-state index contributed by atoms with van der Waals surface area (Å²) < 4.78 is 32.7. The number of allylic oxidation sites excluding steroid dienone is 2. The molecule has 1 aromatic carbocycles. The molecule has 1 amide bonds. The minimum Gasteiger partial charge on any atom is -0.497 e. The number of carbonyl (C=O) groups is 1. The van der Waals surface area contributed by atoms with Crippen LogP contribution in [-0.4, -0.2) is 74.8 Å². The molecule has 0 aliphatic carbocycles. The Labute approximate surface area is 207 Å². The maximum Gasteiger partial charge on any atom is 0.407 e. The molecule has 12 heteroatoms. The first-order valence-corrected chi connectivity index (χ1v) is 11.2. The van der Waals surface area contributed by atoms with Gasteiger partial charge in [-0.2, -0.15) is 5.10 Å². The fourth-order valence-corrected chi connectivity index (χ4v) is 3.78. The van der Waals surface area contributed by atoms with Gasteiger partial charge >= 0.3 is 6.09 Å². The topological polar surface area (TPSA) is 115 Å². The van der Waals surface area contributed by atoms with Gasteiger partial charge < -0.3 is 29.7 Å². The lowest BCUT2D eigenvalue weighted by Crippen LogP contribution is -2.42. The Morgan fingerprint density at radius 2 is 2.22 bits per heavy atom. The van der Waals surface area contributed by atoms with Gasteiger partial charge in [-0.15, -0.1) is 0 Å². The summed E-state index contributed by atoms with van der Waals surface area (Å²) in [5, 5.41) is 10.00. The van der Waals surface area contributed by atoms with Gasteiger partial charge in [-0.3, -0.25) is 14.7 Å². The van der Waals surface area contributed by atoms with E-state index in [0.29, 0.717) is 18.1 Å². The lowest BCUT2D eigenvalue weighted by molar-refractivity contribution is 0.177. The first-order chi connectivity index (χ1) is 17.4. The van der Waals surface area contributed by atoms with Crippen LogP contribution in [0.15, 0.2) is 58.2 Å². The molecule has 0 spiro atoms. The number of amides is 1. The molecule has 2 aliphatic heterocycles. The molecule has 4 rings (SSSR count). The number of aryl methyl sites for hydroxylation is 1. The van der Waals surface area contributed by atoms with Crippen LogP contribution < -0.4 is 25.0 Å². The second kappa shape index (κ2) is 10.9. The highest BCUT2D eigenvalue weighted by Gasteiger charge is 2.28. The Hall–Kier alpha value is -4.35. The van der Waals surface area contributed by atoms with Gasteiger partial charge in [0.1, 0.15) is 18.2 Å². The van der Waals surface area contributed by atoms with E-state index in [1.54, 1.807) is 47.3 Å². The molecule has 1 unspecified atom stereocenters. The van der Waals surface area contributed by atoms with Crippen LogP contribution in [-0.2, 0) is 11.8 Å². The predicted molar refractivity (Wildman–Crippen MR) is 133 cm³/mol. The summed E-state index contributed by atoms with van der Waals surface area (Å²) in [6.07, 6.45) is 8.37. The highest BCUT2D eigenvalue weighted by molar-refractivity contribution is 6.38. The van der Waals surface area contributed by atoms with Crippen LogP contribution in [0, 0.1) is 5.82 Å². The van der Waals surface area contributed by atoms with Gasteiger partial charge in [0.2, 0.25) is 0 Å². The second-order valence-corrected chi connectivity index (χ2v) is 8.04. The normalized spacial score (nSPS) is 18.5. The number of cyclic esters (lactones) is 1. The van der Waals surface area contributed by atoms with E-state index in [1.807, 2.05) is 13.2 Å². The maximum atomic E-state index is 15.4. The molecule has 1 saturated heterocycles. The van der Waals surface area contributed by atoms with Gasteiger partial charge in [0, 0.05) is 44.5 Å². The lowest BCUT2D eigenvalue weighted by atomic mass is 10.2. The molecule has 1 atom stereocenters. The largest absolute Gasteiger partial charge is 0.497 e. The molecule has 11 nitrogen and oxygen atoms in total. The highest BCUT2D eigenvalue weighted by Crippen LogP contribution is 2.34. The molecule has 190 valence electrons. The van der Waals surface area contributed by atoms with E-state index in [4.69, 9.17) is 14.2 Å². The number of nitrogens with one attached hydrogen (secondary N) is 2. The zero-order chi connectivity index (χ0) is 25.7. The van der Waals surface area contributed by atoms with Crippen LogP contribution in [0.3, 0.4) is 0 Å². The third-order valence-electron chi connectivity index (χ3n) is 5.63. The van der Waals surface area contributed by atoms with Crippen LogP contribution in [0.2, 0.25) is 0 Å². The van der Waals surface area contributed by atoms with Crippen molar-refractivity contribution in [3.63, 3.8) is 0 Å². The van der Waals surface area contributed by atoms with E-state index >= 15 is 4.39 Å². The Morgan fingerprint density at radius 1 is 1.39 bits per heavy atom. The van der Waals surface area contributed by atoms with Crippen molar-refractivity contribution in [3.8, 4) is 11.5 Å². The van der Waals surface area contributed by atoms with Gasteiger partial charge in [-0.05, 0) is 12.2 Å². The number of aromatic nitrogens is 2. The SMILES string of the molecule is CN/C(=C\C=C1/CN=C(c2cnn(C)c2)C=N1)N(CC1COC(=O)N1)c1cc(OC)cc(OC)c1F. The molecule has 2 aromatic rings. The fraction of sp³-hybridized carbons (Fsp3) is 0.333. The molecule has 2 N–H and O–H groups in total. The molecular formula is C24H28FN7O4. The summed E-state index contributed by atoms with van der Waals surface area (Å²) in [5.74, 6) is 0.431. The maximum absolute atomic E-state index is 15.4. The number of alkyl carbamates (subject to hydrolysis) is 1. The lowest BCUT2D eigenvalue weighted by Gasteiger charge is -2.30. The summed E-state index contributed by atoms with van der Waals surface area (Å²) in [6, 6.07) is 2.67. The number of ether oxygens (including phenoxy) is 3. The monoisotopic (exact) mass is 497 g/mol. The van der Waals surface area contributed by atoms with Crippen LogP contribution in [0.4, 0.5) is 14.9 Å². The zero-order valence-corrected chi connectivity index (χ0v) is 20.5. The number of aliphatic imine (C=N–C) groups is 2. The van der Waals surface area contributed by atoms with Crippen molar-refractivity contribution in [2.45, 2.75) is 6.04 Å². The third kappa shape index (κ3) is 5.48. The first-order valence-electron chi connectivity index (χ1n) is 11.2. The van der Waals surface area contributed by atoms with Gasteiger partial charge in [0.25, 0.3) is 0 Å². The number of rotatable bonds is 9. The van der Waals surface area contributed by atoms with Crippen molar-refractivity contribution >= 4 is 23.7 Å². The van der Waals surface area contributed by atoms with Crippen molar-refractivity contribution < 1.29 is 23.4 Å². The number of benzene rings is 1. The molecule has 1 aromatic heterocycles. The average Bonchev–Trinajstić information content (AvgIpc) is 3.52. The number of anilines is 1. The Bertz CT molecular complexity index is 1250. The minimum absolute atomic E-state index is 0.0315. The third-order valence-corrected chi connectivity index (χ3v) is 5.63. The van der Waals surface area contributed by atoms with Crippen molar-refractivity contribution in [3.05, 3.63) is 59.6 Å². The van der Waals surface area contributed by atoms with Crippen LogP contribution in [0.1, 0.15) is 5.56 Å². The molecule has 0 bridgehead atoms. The summed E-state index contributed by atoms with van der Waals surface area (Å²) in [4.78, 5) is 22.4. The smallest absolute Gasteiger partial charge is 0.407 e. The van der Waals surface area contributed by atoms with Gasteiger partial charge in [0.05, 0.1) is 56.3 Å². The van der Waals surface area contributed by atoms with Gasteiger partial charge in [-0.25, -0.2) is 9.18 Å². The summed E-state index contributed by atoms with van der Waals surface area (Å²) in [6.45, 7) is 0.760. The minimum atomic E-state index is -0.571. The summed E-state index contributed by atoms with van der Waals surface area (Å²) >= 11 is 0. The van der Waals surface area contributed by atoms with E-state index in [2.05, 4.69) is 25.7 Å². The van der Waals surface area contributed by atoms with E-state index in [-0.39, 0.29) is 30.6 Å². The predicted octanol–water partition coefficient (Wildman–Crippen LogP) is 2.01. The fourth-order valence-electron chi connectivity index (χ4n) is 3.78. The highest BCUT2D eigenvalue weighted by atomic mass is 19.1. The number of hydrogen-bond acceptors (Lipinski definition) is 9. The second-order valence-electron chi connectivity index (χ2n) is 8.04. The van der Waals surface area contributed by atoms with Crippen molar-refractivity contribution in [1.29, 1.82) is 0 Å². The van der Waals surface area contributed by atoms with Crippen LogP contribution in [0.25, 0.3) is 0 Å². The molecular weight excluding hydrogens is 469 g/mol. The van der Waals surface area contributed by atoms with Crippen molar-refractivity contribution in [1.82, 2.24) is 20.4 Å². The Kier molecular flexibility index (Phi) is 7.52. The van der Waals surface area contributed by atoms with Crippen molar-refractivity contribution in [2.75, 3.05) is 45.9 Å². The molecule has 36 heavy (non-hydrogen) atoms. The Morgan fingerprint density at radius 3 is 2.81 bits per heavy atom. The van der Waals surface area contributed by atoms with E-state index in [0.717, 1.165) is 17.0 Å². The van der Waals surface area contributed by atoms with Crippen LogP contribution in [0.5, 0.6) is 11.5 Å². The Balaban J connectivity index is 1.65. The number of halogens is 1. The van der Waals surface area contributed by atoms with Crippen LogP contribution >= 0.6 is 0 Å². The number of nitrogens with zero attached hydrogens (tertiary/aromatic N) is 5. The number of carbonyl (C=O) groups excluding carboxylic acids is 1. The van der Waals surface area contributed by atoms with E-state index < -0.39 is 11.9 Å². The summed E-state index contributed by atoms with van der Waals surface area (Å²) in [5.41, 5.74) is 2.57. The number of methoxy groups -OCH3 is 2. The molecule has 0 saturated carbocycles. The van der Waals surface area contributed by atoms with Gasteiger partial charge in [0.15, 0.2) is 11.6 Å². The number of hydrogen-bond donors (Lipinski definition) is 2. The molecule has 2 aliphatic rings. The first kappa shape index (κ1) is 24.8. The zero-order valence-electron chi connectivity index (χ0n) is 20.5. The van der Waals surface area contributed by atoms with E-state index in [9.17, 15) is 4.79 Å².